The van der Waals surface area contributed by atoms with Crippen LogP contribution in [-0.2, 0) is 11.3 Å². The molecule has 0 saturated heterocycles. The number of fused-ring (bicyclic) bond motifs is 1. The second-order valence-corrected chi connectivity index (χ2v) is 8.05. The van der Waals surface area contributed by atoms with Gasteiger partial charge in [0.15, 0.2) is 5.16 Å². The Labute approximate surface area is 162 Å². The number of carbonyl (C=O) groups is 1. The molecule has 0 aliphatic heterocycles. The van der Waals surface area contributed by atoms with Crippen LogP contribution in [0.15, 0.2) is 32.8 Å². The third-order valence-electron chi connectivity index (χ3n) is 3.65. The minimum Gasteiger partial charge on any atom is -0.354 e. The van der Waals surface area contributed by atoms with Gasteiger partial charge in [-0.05, 0) is 18.4 Å². The molecule has 0 unspecified atom stereocenters. The number of rotatable bonds is 7. The van der Waals surface area contributed by atoms with Crippen molar-refractivity contribution < 1.29 is 4.79 Å². The second kappa shape index (κ2) is 8.49. The molecule has 0 bridgehead atoms. The van der Waals surface area contributed by atoms with Crippen LogP contribution in [0.4, 0.5) is 0 Å². The summed E-state index contributed by atoms with van der Waals surface area (Å²) in [6, 6.07) is 5.94. The Morgan fingerprint density at radius 3 is 3.00 bits per heavy atom. The highest BCUT2D eigenvalue weighted by Gasteiger charge is 2.17. The highest BCUT2D eigenvalue weighted by atomic mass is 32.2. The zero-order chi connectivity index (χ0) is 18.5. The third kappa shape index (κ3) is 3.82. The fourth-order valence-electron chi connectivity index (χ4n) is 2.45. The number of hydrogen-bond acceptors (Lipinski definition) is 7. The number of thioether (sulfide) groups is 1. The fraction of sp³-hybridized carbons (Fsp3) is 0.294. The summed E-state index contributed by atoms with van der Waals surface area (Å²) in [6.45, 7) is 2.71. The number of nitrogens with one attached hydrogen (secondary N) is 1. The fourth-order valence-corrected chi connectivity index (χ4v) is 5.14. The topological polar surface area (TPSA) is 87.8 Å². The summed E-state index contributed by atoms with van der Waals surface area (Å²) in [4.78, 5) is 31.2. The van der Waals surface area contributed by atoms with Gasteiger partial charge in [-0.3, -0.25) is 14.2 Å². The summed E-state index contributed by atoms with van der Waals surface area (Å²) >= 11 is 4.28. The Morgan fingerprint density at radius 1 is 1.46 bits per heavy atom. The number of nitriles is 1. The maximum absolute atomic E-state index is 13.0. The van der Waals surface area contributed by atoms with Gasteiger partial charge >= 0.3 is 0 Å². The number of thiophene rings is 2. The SMILES string of the molecule is CCn1c(SCC(=O)NCCC#N)nc2scc(-c3cccs3)c2c1=O. The first-order valence-corrected chi connectivity index (χ1v) is 10.7. The molecule has 0 aromatic carbocycles. The number of carbonyl (C=O) groups excluding carboxylic acids is 1. The third-order valence-corrected chi connectivity index (χ3v) is 6.40. The van der Waals surface area contributed by atoms with E-state index in [-0.39, 0.29) is 23.6 Å². The molecule has 0 radical (unpaired) electrons. The maximum atomic E-state index is 13.0. The molecule has 3 heterocycles. The standard InChI is InChI=1S/C17H16N4O2S3/c1-2-21-16(23)14-11(12-5-3-8-24-12)9-25-15(14)20-17(21)26-10-13(22)19-7-4-6-18/h3,5,8-9H,2,4,7,10H2,1H3,(H,19,22). The summed E-state index contributed by atoms with van der Waals surface area (Å²) in [5.74, 6) is -0.0142. The molecule has 1 N–H and O–H groups in total. The van der Waals surface area contributed by atoms with E-state index in [1.165, 1.54) is 23.1 Å². The monoisotopic (exact) mass is 404 g/mol. The van der Waals surface area contributed by atoms with Gasteiger partial charge < -0.3 is 5.32 Å². The summed E-state index contributed by atoms with van der Waals surface area (Å²) in [5.41, 5.74) is 0.847. The molecular formula is C17H16N4O2S3. The summed E-state index contributed by atoms with van der Waals surface area (Å²) in [7, 11) is 0. The van der Waals surface area contributed by atoms with Crippen LogP contribution in [0.5, 0.6) is 0 Å². The maximum Gasteiger partial charge on any atom is 0.263 e. The van der Waals surface area contributed by atoms with Crippen LogP contribution in [0.3, 0.4) is 0 Å². The highest BCUT2D eigenvalue weighted by Crippen LogP contribution is 2.34. The van der Waals surface area contributed by atoms with Crippen molar-refractivity contribution >= 4 is 50.6 Å². The Kier molecular flexibility index (Phi) is 6.08. The smallest absolute Gasteiger partial charge is 0.263 e. The quantitative estimate of drug-likeness (QED) is 0.371. The minimum atomic E-state index is -0.173. The van der Waals surface area contributed by atoms with E-state index in [1.807, 2.05) is 35.9 Å². The van der Waals surface area contributed by atoms with Crippen molar-refractivity contribution in [1.29, 1.82) is 5.26 Å². The molecule has 6 nitrogen and oxygen atoms in total. The lowest BCUT2D eigenvalue weighted by molar-refractivity contribution is -0.118. The molecular weight excluding hydrogens is 388 g/mol. The first kappa shape index (κ1) is 18.6. The molecule has 3 aromatic rings. The van der Waals surface area contributed by atoms with E-state index in [1.54, 1.807) is 15.9 Å². The van der Waals surface area contributed by atoms with Gasteiger partial charge in [0.2, 0.25) is 5.91 Å². The molecule has 0 atom stereocenters. The van der Waals surface area contributed by atoms with Gasteiger partial charge in [0, 0.05) is 28.9 Å². The van der Waals surface area contributed by atoms with Crippen molar-refractivity contribution in [2.45, 2.75) is 25.0 Å². The summed E-state index contributed by atoms with van der Waals surface area (Å²) in [5, 5.41) is 16.3. The van der Waals surface area contributed by atoms with Crippen molar-refractivity contribution in [2.75, 3.05) is 12.3 Å². The lowest BCUT2D eigenvalue weighted by Gasteiger charge is -2.10. The van der Waals surface area contributed by atoms with E-state index in [2.05, 4.69) is 10.3 Å². The molecule has 0 aliphatic carbocycles. The van der Waals surface area contributed by atoms with Crippen LogP contribution in [-0.4, -0.2) is 27.8 Å². The van der Waals surface area contributed by atoms with Crippen LogP contribution in [0.1, 0.15) is 13.3 Å². The van der Waals surface area contributed by atoms with Crippen LogP contribution in [0.2, 0.25) is 0 Å². The Morgan fingerprint density at radius 2 is 2.31 bits per heavy atom. The van der Waals surface area contributed by atoms with Gasteiger partial charge in [0.05, 0.1) is 23.6 Å². The van der Waals surface area contributed by atoms with Crippen molar-refractivity contribution in [3.05, 3.63) is 33.2 Å². The van der Waals surface area contributed by atoms with Crippen LogP contribution < -0.4 is 10.9 Å². The molecule has 3 rings (SSSR count). The molecule has 1 amide bonds. The molecule has 26 heavy (non-hydrogen) atoms. The average Bonchev–Trinajstić information content (AvgIpc) is 3.29. The molecule has 3 aromatic heterocycles. The van der Waals surface area contributed by atoms with E-state index < -0.39 is 0 Å². The molecule has 0 fully saturated rings. The molecule has 9 heteroatoms. The van der Waals surface area contributed by atoms with Gasteiger partial charge in [-0.25, -0.2) is 4.98 Å². The zero-order valence-corrected chi connectivity index (χ0v) is 16.5. The predicted octanol–water partition coefficient (Wildman–Crippen LogP) is 3.33. The molecule has 0 saturated carbocycles. The highest BCUT2D eigenvalue weighted by molar-refractivity contribution is 7.99. The minimum absolute atomic E-state index is 0.0745. The zero-order valence-electron chi connectivity index (χ0n) is 14.0. The average molecular weight is 405 g/mol. The Balaban J connectivity index is 1.89. The van der Waals surface area contributed by atoms with Gasteiger partial charge in [0.1, 0.15) is 4.83 Å². The lowest BCUT2D eigenvalue weighted by Crippen LogP contribution is -2.27. The number of nitrogens with zero attached hydrogens (tertiary/aromatic N) is 3. The van der Waals surface area contributed by atoms with E-state index in [4.69, 9.17) is 5.26 Å². The molecule has 134 valence electrons. The van der Waals surface area contributed by atoms with Gasteiger partial charge in [-0.15, -0.1) is 22.7 Å². The van der Waals surface area contributed by atoms with E-state index in [0.29, 0.717) is 28.5 Å². The van der Waals surface area contributed by atoms with Crippen LogP contribution >= 0.6 is 34.4 Å². The molecule has 0 aliphatic rings. The Hall–Kier alpha value is -2.15. The summed E-state index contributed by atoms with van der Waals surface area (Å²) in [6.07, 6.45) is 0.279. The Bertz CT molecular complexity index is 1020. The normalized spacial score (nSPS) is 10.8. The first-order chi connectivity index (χ1) is 12.7. The van der Waals surface area contributed by atoms with Gasteiger partial charge in [0.25, 0.3) is 5.56 Å². The van der Waals surface area contributed by atoms with Crippen molar-refractivity contribution in [1.82, 2.24) is 14.9 Å². The number of hydrogen-bond donors (Lipinski definition) is 1. The van der Waals surface area contributed by atoms with E-state index in [0.717, 1.165) is 10.4 Å². The van der Waals surface area contributed by atoms with Crippen molar-refractivity contribution in [3.8, 4) is 16.5 Å². The van der Waals surface area contributed by atoms with E-state index in [9.17, 15) is 9.59 Å². The van der Waals surface area contributed by atoms with Crippen LogP contribution in [0.25, 0.3) is 20.7 Å². The van der Waals surface area contributed by atoms with Crippen LogP contribution in [0, 0.1) is 11.3 Å². The number of aromatic nitrogens is 2. The largest absolute Gasteiger partial charge is 0.354 e. The van der Waals surface area contributed by atoms with Crippen molar-refractivity contribution in [3.63, 3.8) is 0 Å². The number of amides is 1. The van der Waals surface area contributed by atoms with Gasteiger partial charge in [-0.1, -0.05) is 17.8 Å². The molecule has 0 spiro atoms. The van der Waals surface area contributed by atoms with Gasteiger partial charge in [-0.2, -0.15) is 5.26 Å². The van der Waals surface area contributed by atoms with Crippen molar-refractivity contribution in [2.24, 2.45) is 0 Å². The lowest BCUT2D eigenvalue weighted by atomic mass is 10.2. The predicted molar refractivity (Wildman–Crippen MR) is 107 cm³/mol. The van der Waals surface area contributed by atoms with E-state index >= 15 is 0 Å². The first-order valence-electron chi connectivity index (χ1n) is 7.98. The second-order valence-electron chi connectivity index (χ2n) is 5.30. The summed E-state index contributed by atoms with van der Waals surface area (Å²) < 4.78 is 1.61.